The Labute approximate surface area is 120 Å². The van der Waals surface area contributed by atoms with Crippen LogP contribution in [0.15, 0.2) is 42.5 Å². The van der Waals surface area contributed by atoms with Crippen LogP contribution in [0.1, 0.15) is 10.4 Å². The molecule has 1 heterocycles. The molecule has 0 amide bonds. The van der Waals surface area contributed by atoms with E-state index < -0.39 is 0 Å². The number of methoxy groups -OCH3 is 1. The molecule has 0 unspecified atom stereocenters. The van der Waals surface area contributed by atoms with Gasteiger partial charge in [-0.05, 0) is 30.3 Å². The predicted octanol–water partition coefficient (Wildman–Crippen LogP) is 2.29. The van der Waals surface area contributed by atoms with Crippen LogP contribution in [-0.2, 0) is 6.73 Å². The molecule has 3 rings (SSSR count). The van der Waals surface area contributed by atoms with Gasteiger partial charge in [0.25, 0.3) is 0 Å². The van der Waals surface area contributed by atoms with E-state index in [1.54, 1.807) is 22.9 Å². The van der Waals surface area contributed by atoms with Crippen molar-refractivity contribution in [3.63, 3.8) is 0 Å². The summed E-state index contributed by atoms with van der Waals surface area (Å²) in [5.41, 5.74) is 2.23. The molecular formula is C15H13N3O3. The average molecular weight is 283 g/mol. The normalized spacial score (nSPS) is 10.5. The molecule has 0 saturated carbocycles. The molecular weight excluding hydrogens is 270 g/mol. The van der Waals surface area contributed by atoms with Crippen molar-refractivity contribution in [2.45, 2.75) is 6.73 Å². The highest BCUT2D eigenvalue weighted by molar-refractivity contribution is 5.76. The largest absolute Gasteiger partial charge is 0.493 e. The lowest BCUT2D eigenvalue weighted by Gasteiger charge is -2.11. The summed E-state index contributed by atoms with van der Waals surface area (Å²) in [7, 11) is 1.53. The van der Waals surface area contributed by atoms with Crippen molar-refractivity contribution in [2.75, 3.05) is 7.11 Å². The van der Waals surface area contributed by atoms with Crippen LogP contribution in [0.5, 0.6) is 11.5 Å². The summed E-state index contributed by atoms with van der Waals surface area (Å²) in [5.74, 6) is 1.05. The minimum absolute atomic E-state index is 0.206. The van der Waals surface area contributed by atoms with E-state index in [0.29, 0.717) is 17.1 Å². The first-order chi connectivity index (χ1) is 10.3. The van der Waals surface area contributed by atoms with E-state index in [0.717, 1.165) is 17.3 Å². The molecule has 0 fully saturated rings. The summed E-state index contributed by atoms with van der Waals surface area (Å²) >= 11 is 0. The molecule has 0 saturated heterocycles. The SMILES string of the molecule is COc1cc(C=O)ccc1OCn1nnc2ccccc21. The maximum atomic E-state index is 10.8. The summed E-state index contributed by atoms with van der Waals surface area (Å²) in [6.07, 6.45) is 0.761. The maximum Gasteiger partial charge on any atom is 0.183 e. The van der Waals surface area contributed by atoms with Gasteiger partial charge >= 0.3 is 0 Å². The number of fused-ring (bicyclic) bond motifs is 1. The molecule has 0 bridgehead atoms. The molecule has 0 atom stereocenters. The zero-order chi connectivity index (χ0) is 14.7. The first-order valence-corrected chi connectivity index (χ1v) is 6.36. The van der Waals surface area contributed by atoms with Crippen LogP contribution in [0.2, 0.25) is 0 Å². The molecule has 6 nitrogen and oxygen atoms in total. The fraction of sp³-hybridized carbons (Fsp3) is 0.133. The number of aldehydes is 1. The van der Waals surface area contributed by atoms with Crippen LogP contribution >= 0.6 is 0 Å². The Morgan fingerprint density at radius 3 is 2.86 bits per heavy atom. The number of carbonyl (C=O) groups is 1. The van der Waals surface area contributed by atoms with E-state index in [4.69, 9.17) is 9.47 Å². The summed E-state index contributed by atoms with van der Waals surface area (Å²) in [6, 6.07) is 12.6. The fourth-order valence-corrected chi connectivity index (χ4v) is 2.02. The Morgan fingerprint density at radius 1 is 1.19 bits per heavy atom. The van der Waals surface area contributed by atoms with E-state index in [2.05, 4.69) is 10.3 Å². The summed E-state index contributed by atoms with van der Waals surface area (Å²) in [5, 5.41) is 8.10. The Kier molecular flexibility index (Phi) is 3.51. The molecule has 6 heteroatoms. The van der Waals surface area contributed by atoms with E-state index in [-0.39, 0.29) is 6.73 Å². The van der Waals surface area contributed by atoms with Gasteiger partial charge in [0.2, 0.25) is 0 Å². The number of ether oxygens (including phenoxy) is 2. The van der Waals surface area contributed by atoms with Crippen LogP contribution in [0.4, 0.5) is 0 Å². The number of carbonyl (C=O) groups excluding carboxylic acids is 1. The molecule has 0 spiro atoms. The highest BCUT2D eigenvalue weighted by Gasteiger charge is 2.08. The molecule has 106 valence electrons. The van der Waals surface area contributed by atoms with Crippen LogP contribution in [0.3, 0.4) is 0 Å². The number of para-hydroxylation sites is 1. The minimum atomic E-state index is 0.206. The van der Waals surface area contributed by atoms with Crippen molar-refractivity contribution < 1.29 is 14.3 Å². The molecule has 2 aromatic carbocycles. The average Bonchev–Trinajstić information content (AvgIpc) is 2.96. The quantitative estimate of drug-likeness (QED) is 0.672. The van der Waals surface area contributed by atoms with Crippen molar-refractivity contribution >= 4 is 17.3 Å². The Bertz CT molecular complexity index is 783. The second kappa shape index (κ2) is 5.62. The highest BCUT2D eigenvalue weighted by Crippen LogP contribution is 2.28. The van der Waals surface area contributed by atoms with Gasteiger partial charge in [-0.1, -0.05) is 17.3 Å². The van der Waals surface area contributed by atoms with E-state index in [9.17, 15) is 4.79 Å². The van der Waals surface area contributed by atoms with Crippen LogP contribution in [0.25, 0.3) is 11.0 Å². The third-order valence-electron chi connectivity index (χ3n) is 3.09. The molecule has 0 aliphatic carbocycles. The van der Waals surface area contributed by atoms with Crippen molar-refractivity contribution in [1.82, 2.24) is 15.0 Å². The summed E-state index contributed by atoms with van der Waals surface area (Å²) < 4.78 is 12.6. The van der Waals surface area contributed by atoms with Gasteiger partial charge in [0.05, 0.1) is 12.6 Å². The fourth-order valence-electron chi connectivity index (χ4n) is 2.02. The highest BCUT2D eigenvalue weighted by atomic mass is 16.5. The number of nitrogens with zero attached hydrogens (tertiary/aromatic N) is 3. The Morgan fingerprint density at radius 2 is 2.05 bits per heavy atom. The molecule has 0 N–H and O–H groups in total. The lowest BCUT2D eigenvalue weighted by molar-refractivity contribution is 0.112. The van der Waals surface area contributed by atoms with Gasteiger partial charge < -0.3 is 9.47 Å². The van der Waals surface area contributed by atoms with Gasteiger partial charge in [0.15, 0.2) is 18.2 Å². The first-order valence-electron chi connectivity index (χ1n) is 6.36. The Hall–Kier alpha value is -2.89. The number of rotatable bonds is 5. The van der Waals surface area contributed by atoms with Crippen molar-refractivity contribution in [2.24, 2.45) is 0 Å². The third-order valence-corrected chi connectivity index (χ3v) is 3.09. The van der Waals surface area contributed by atoms with E-state index >= 15 is 0 Å². The minimum Gasteiger partial charge on any atom is -0.493 e. The number of hydrogen-bond acceptors (Lipinski definition) is 5. The number of aromatic nitrogens is 3. The third kappa shape index (κ3) is 2.55. The zero-order valence-electron chi connectivity index (χ0n) is 11.4. The van der Waals surface area contributed by atoms with Gasteiger partial charge in [0, 0.05) is 5.56 Å². The summed E-state index contributed by atoms with van der Waals surface area (Å²) in [6.45, 7) is 0.206. The molecule has 0 aliphatic heterocycles. The van der Waals surface area contributed by atoms with Gasteiger partial charge in [-0.3, -0.25) is 4.79 Å². The van der Waals surface area contributed by atoms with Crippen molar-refractivity contribution in [1.29, 1.82) is 0 Å². The standard InChI is InChI=1S/C15H13N3O3/c1-20-15-8-11(9-19)6-7-14(15)21-10-18-13-5-3-2-4-12(13)16-17-18/h2-9H,10H2,1H3. The molecule has 3 aromatic rings. The zero-order valence-corrected chi connectivity index (χ0v) is 11.4. The smallest absolute Gasteiger partial charge is 0.183 e. The van der Waals surface area contributed by atoms with Crippen LogP contribution in [-0.4, -0.2) is 28.4 Å². The Balaban J connectivity index is 1.83. The predicted molar refractivity (Wildman–Crippen MR) is 76.5 cm³/mol. The lowest BCUT2D eigenvalue weighted by atomic mass is 10.2. The second-order valence-corrected chi connectivity index (χ2v) is 4.38. The molecule has 0 radical (unpaired) electrons. The van der Waals surface area contributed by atoms with Gasteiger partial charge in [-0.25, -0.2) is 4.68 Å². The van der Waals surface area contributed by atoms with Crippen LogP contribution < -0.4 is 9.47 Å². The van der Waals surface area contributed by atoms with E-state index in [1.165, 1.54) is 7.11 Å². The number of hydrogen-bond donors (Lipinski definition) is 0. The van der Waals surface area contributed by atoms with Crippen molar-refractivity contribution in [3.8, 4) is 11.5 Å². The molecule has 0 aliphatic rings. The lowest BCUT2D eigenvalue weighted by Crippen LogP contribution is -2.07. The van der Waals surface area contributed by atoms with Gasteiger partial charge in [0.1, 0.15) is 11.8 Å². The number of benzene rings is 2. The monoisotopic (exact) mass is 283 g/mol. The topological polar surface area (TPSA) is 66.2 Å². The van der Waals surface area contributed by atoms with E-state index in [1.807, 2.05) is 24.3 Å². The van der Waals surface area contributed by atoms with Crippen LogP contribution in [0, 0.1) is 0 Å². The van der Waals surface area contributed by atoms with Crippen molar-refractivity contribution in [3.05, 3.63) is 48.0 Å². The molecule has 1 aromatic heterocycles. The molecule has 21 heavy (non-hydrogen) atoms. The first kappa shape index (κ1) is 13.1. The maximum absolute atomic E-state index is 10.8. The van der Waals surface area contributed by atoms with Gasteiger partial charge in [-0.2, -0.15) is 0 Å². The van der Waals surface area contributed by atoms with Gasteiger partial charge in [-0.15, -0.1) is 5.10 Å². The summed E-state index contributed by atoms with van der Waals surface area (Å²) in [4.78, 5) is 10.8. The second-order valence-electron chi connectivity index (χ2n) is 4.38.